The summed E-state index contributed by atoms with van der Waals surface area (Å²) >= 11 is 0. The number of nitrogens with zero attached hydrogens (tertiary/aromatic N) is 1. The molecule has 0 atom stereocenters. The fraction of sp³-hybridized carbons (Fsp3) is 0.400. The number of hydrogen-bond acceptors (Lipinski definition) is 5. The molecule has 0 saturated carbocycles. The topological polar surface area (TPSA) is 70.5 Å². The maximum absolute atomic E-state index is 5.90. The average Bonchev–Trinajstić information content (AvgIpc) is 2.77. The molecule has 0 unspecified atom stereocenters. The fourth-order valence-corrected chi connectivity index (χ4v) is 2.02. The lowest BCUT2D eigenvalue weighted by Gasteiger charge is -2.12. The van der Waals surface area contributed by atoms with Gasteiger partial charge in [-0.15, -0.1) is 0 Å². The molecule has 0 aliphatic heterocycles. The lowest BCUT2D eigenvalue weighted by atomic mass is 10.1. The van der Waals surface area contributed by atoms with Crippen molar-refractivity contribution in [3.63, 3.8) is 0 Å². The number of aryl methyl sites for hydroxylation is 2. The molecule has 0 aliphatic carbocycles. The van der Waals surface area contributed by atoms with Crippen molar-refractivity contribution in [1.29, 1.82) is 0 Å². The van der Waals surface area contributed by atoms with Gasteiger partial charge in [-0.1, -0.05) is 11.2 Å². The van der Waals surface area contributed by atoms with E-state index in [4.69, 9.17) is 19.7 Å². The van der Waals surface area contributed by atoms with Crippen molar-refractivity contribution in [3.05, 3.63) is 40.8 Å². The third-order valence-corrected chi connectivity index (χ3v) is 3.24. The molecule has 5 nitrogen and oxygen atoms in total. The smallest absolute Gasteiger partial charge is 0.140 e. The van der Waals surface area contributed by atoms with Gasteiger partial charge in [0.15, 0.2) is 0 Å². The monoisotopic (exact) mass is 276 g/mol. The van der Waals surface area contributed by atoms with Gasteiger partial charge in [0, 0.05) is 6.07 Å². The molecule has 108 valence electrons. The second-order valence-electron chi connectivity index (χ2n) is 4.60. The largest absolute Gasteiger partial charge is 0.497 e. The summed E-state index contributed by atoms with van der Waals surface area (Å²) < 4.78 is 16.3. The van der Waals surface area contributed by atoms with E-state index >= 15 is 0 Å². The molecule has 1 aromatic heterocycles. The van der Waals surface area contributed by atoms with Crippen LogP contribution >= 0.6 is 0 Å². The minimum atomic E-state index is 0.423. The van der Waals surface area contributed by atoms with Crippen molar-refractivity contribution in [2.75, 3.05) is 13.7 Å². The molecule has 5 heteroatoms. The number of methoxy groups -OCH3 is 1. The summed E-state index contributed by atoms with van der Waals surface area (Å²) in [5.74, 6) is 2.33. The van der Waals surface area contributed by atoms with Gasteiger partial charge in [-0.05, 0) is 38.4 Å². The van der Waals surface area contributed by atoms with Gasteiger partial charge in [-0.25, -0.2) is 0 Å². The highest BCUT2D eigenvalue weighted by molar-refractivity contribution is 5.41. The van der Waals surface area contributed by atoms with Crippen LogP contribution in [0.1, 0.15) is 22.6 Å². The summed E-state index contributed by atoms with van der Waals surface area (Å²) in [5, 5.41) is 3.92. The summed E-state index contributed by atoms with van der Waals surface area (Å²) in [6.45, 7) is 4.78. The first-order chi connectivity index (χ1) is 9.65. The van der Waals surface area contributed by atoms with Crippen molar-refractivity contribution in [2.45, 2.75) is 26.9 Å². The molecule has 2 rings (SSSR count). The van der Waals surface area contributed by atoms with Gasteiger partial charge in [0.1, 0.15) is 23.9 Å². The molecule has 0 radical (unpaired) electrons. The van der Waals surface area contributed by atoms with Gasteiger partial charge < -0.3 is 19.7 Å². The molecule has 20 heavy (non-hydrogen) atoms. The summed E-state index contributed by atoms with van der Waals surface area (Å²) in [4.78, 5) is 0. The first kappa shape index (κ1) is 14.4. The second kappa shape index (κ2) is 6.43. The maximum Gasteiger partial charge on any atom is 0.140 e. The number of aromatic nitrogens is 1. The zero-order chi connectivity index (χ0) is 14.5. The molecule has 0 amide bonds. The summed E-state index contributed by atoms with van der Waals surface area (Å²) in [6, 6.07) is 5.77. The van der Waals surface area contributed by atoms with Crippen molar-refractivity contribution in [2.24, 2.45) is 5.73 Å². The lowest BCUT2D eigenvalue weighted by molar-refractivity contribution is 0.296. The van der Waals surface area contributed by atoms with Crippen molar-refractivity contribution in [1.82, 2.24) is 5.16 Å². The van der Waals surface area contributed by atoms with E-state index in [-0.39, 0.29) is 0 Å². The van der Waals surface area contributed by atoms with Crippen LogP contribution < -0.4 is 15.2 Å². The third-order valence-electron chi connectivity index (χ3n) is 3.24. The lowest BCUT2D eigenvalue weighted by Crippen LogP contribution is -2.06. The molecule has 1 aromatic carbocycles. The zero-order valence-corrected chi connectivity index (χ0v) is 12.1. The Labute approximate surface area is 118 Å². The number of rotatable bonds is 6. The van der Waals surface area contributed by atoms with Gasteiger partial charge >= 0.3 is 0 Å². The van der Waals surface area contributed by atoms with E-state index in [9.17, 15) is 0 Å². The third kappa shape index (κ3) is 3.11. The van der Waals surface area contributed by atoms with E-state index in [1.165, 1.54) is 0 Å². The SMILES string of the molecule is COc1ccc(CCN)c(OCc2c(C)noc2C)c1. The van der Waals surface area contributed by atoms with Crippen LogP contribution in [0.25, 0.3) is 0 Å². The predicted molar refractivity (Wildman–Crippen MR) is 76.1 cm³/mol. The highest BCUT2D eigenvalue weighted by atomic mass is 16.5. The average molecular weight is 276 g/mol. The molecule has 1 heterocycles. The standard InChI is InChI=1S/C15H20N2O3/c1-10-14(11(2)20-17-10)9-19-15-8-13(18-3)5-4-12(15)6-7-16/h4-5,8H,6-7,9,16H2,1-3H3. The van der Waals surface area contributed by atoms with Gasteiger partial charge in [-0.2, -0.15) is 0 Å². The first-order valence-corrected chi connectivity index (χ1v) is 6.57. The molecular formula is C15H20N2O3. The van der Waals surface area contributed by atoms with E-state index in [1.807, 2.05) is 32.0 Å². The van der Waals surface area contributed by atoms with Crippen LogP contribution in [0.4, 0.5) is 0 Å². The van der Waals surface area contributed by atoms with E-state index < -0.39 is 0 Å². The molecule has 0 saturated heterocycles. The van der Waals surface area contributed by atoms with Crippen molar-refractivity contribution >= 4 is 0 Å². The van der Waals surface area contributed by atoms with Gasteiger partial charge in [0.2, 0.25) is 0 Å². The summed E-state index contributed by atoms with van der Waals surface area (Å²) in [5.41, 5.74) is 8.53. The fourth-order valence-electron chi connectivity index (χ4n) is 2.02. The number of ether oxygens (including phenoxy) is 2. The second-order valence-corrected chi connectivity index (χ2v) is 4.60. The molecule has 0 aliphatic rings. The minimum absolute atomic E-state index is 0.423. The van der Waals surface area contributed by atoms with Crippen LogP contribution in [0.2, 0.25) is 0 Å². The number of benzene rings is 1. The Hall–Kier alpha value is -2.01. The van der Waals surface area contributed by atoms with Crippen LogP contribution in [-0.2, 0) is 13.0 Å². The molecule has 0 spiro atoms. The van der Waals surface area contributed by atoms with Crippen LogP contribution in [0.15, 0.2) is 22.7 Å². The summed E-state index contributed by atoms with van der Waals surface area (Å²) in [7, 11) is 1.63. The molecule has 0 fully saturated rings. The molecule has 0 bridgehead atoms. The van der Waals surface area contributed by atoms with Gasteiger partial charge in [-0.3, -0.25) is 0 Å². The molecule has 2 N–H and O–H groups in total. The Morgan fingerprint density at radius 1 is 1.30 bits per heavy atom. The maximum atomic E-state index is 5.90. The van der Waals surface area contributed by atoms with Crippen LogP contribution in [0, 0.1) is 13.8 Å². The Kier molecular flexibility index (Phi) is 4.63. The Morgan fingerprint density at radius 3 is 2.70 bits per heavy atom. The zero-order valence-electron chi connectivity index (χ0n) is 12.1. The predicted octanol–water partition coefficient (Wildman–Crippen LogP) is 2.38. The van der Waals surface area contributed by atoms with Gasteiger partial charge in [0.25, 0.3) is 0 Å². The van der Waals surface area contributed by atoms with E-state index in [0.717, 1.165) is 40.5 Å². The summed E-state index contributed by atoms with van der Waals surface area (Å²) in [6.07, 6.45) is 0.765. The highest BCUT2D eigenvalue weighted by Gasteiger charge is 2.11. The van der Waals surface area contributed by atoms with Crippen molar-refractivity contribution in [3.8, 4) is 11.5 Å². The normalized spacial score (nSPS) is 10.6. The Balaban J connectivity index is 2.19. The minimum Gasteiger partial charge on any atom is -0.497 e. The highest BCUT2D eigenvalue weighted by Crippen LogP contribution is 2.26. The van der Waals surface area contributed by atoms with Crippen LogP contribution in [0.3, 0.4) is 0 Å². The van der Waals surface area contributed by atoms with Gasteiger partial charge in [0.05, 0.1) is 18.4 Å². The first-order valence-electron chi connectivity index (χ1n) is 6.57. The van der Waals surface area contributed by atoms with E-state index in [0.29, 0.717) is 13.2 Å². The number of nitrogens with two attached hydrogens (primary N) is 1. The van der Waals surface area contributed by atoms with Crippen LogP contribution in [-0.4, -0.2) is 18.8 Å². The number of hydrogen-bond donors (Lipinski definition) is 1. The van der Waals surface area contributed by atoms with Crippen molar-refractivity contribution < 1.29 is 14.0 Å². The molecular weight excluding hydrogens is 256 g/mol. The van der Waals surface area contributed by atoms with E-state index in [2.05, 4.69) is 5.16 Å². The Morgan fingerprint density at radius 2 is 2.10 bits per heavy atom. The van der Waals surface area contributed by atoms with Crippen LogP contribution in [0.5, 0.6) is 11.5 Å². The molecule has 2 aromatic rings. The Bertz CT molecular complexity index is 559. The van der Waals surface area contributed by atoms with E-state index in [1.54, 1.807) is 7.11 Å². The quantitative estimate of drug-likeness (QED) is 0.877.